The normalized spacial score (nSPS) is 14.1. The van der Waals surface area contributed by atoms with E-state index in [9.17, 15) is 9.59 Å². The van der Waals surface area contributed by atoms with Gasteiger partial charge in [-0.15, -0.1) is 0 Å². The minimum Gasteiger partial charge on any atom is -0.372 e. The molecule has 0 aliphatic heterocycles. The van der Waals surface area contributed by atoms with Crippen molar-refractivity contribution in [2.45, 2.75) is 19.4 Å². The Morgan fingerprint density at radius 1 is 1.60 bits per heavy atom. The molecule has 0 bridgehead atoms. The smallest absolute Gasteiger partial charge is 0.269 e. The first-order chi connectivity index (χ1) is 9.60. The zero-order chi connectivity index (χ0) is 14.5. The van der Waals surface area contributed by atoms with E-state index in [1.165, 1.54) is 23.6 Å². The Labute approximate surface area is 117 Å². The summed E-state index contributed by atoms with van der Waals surface area (Å²) in [5.41, 5.74) is 5.88. The number of carbonyl (C=O) groups is 1. The standard InChI is InChI=1S/C13H21N5O2/c1-17(5-4-14)11-6-13(20)18(16-8-11)9-12(19)15-7-10-2-3-10/h6,8,10H,2-5,7,9,14H2,1H3,(H,15,19). The van der Waals surface area contributed by atoms with Gasteiger partial charge in [0.25, 0.3) is 5.56 Å². The lowest BCUT2D eigenvalue weighted by Gasteiger charge is -2.17. The van der Waals surface area contributed by atoms with E-state index in [1.807, 2.05) is 11.9 Å². The van der Waals surface area contributed by atoms with Crippen LogP contribution in [0.2, 0.25) is 0 Å². The van der Waals surface area contributed by atoms with Crippen molar-refractivity contribution in [2.75, 3.05) is 31.6 Å². The molecule has 0 radical (unpaired) electrons. The first-order valence-electron chi connectivity index (χ1n) is 6.85. The third kappa shape index (κ3) is 4.06. The van der Waals surface area contributed by atoms with E-state index in [0.717, 1.165) is 0 Å². The van der Waals surface area contributed by atoms with Crippen LogP contribution in [0.15, 0.2) is 17.1 Å². The minimum atomic E-state index is -0.284. The molecule has 2 rings (SSSR count). The fourth-order valence-corrected chi connectivity index (χ4v) is 1.85. The quantitative estimate of drug-likeness (QED) is 0.679. The van der Waals surface area contributed by atoms with Crippen LogP contribution >= 0.6 is 0 Å². The van der Waals surface area contributed by atoms with E-state index in [1.54, 1.807) is 6.20 Å². The molecule has 1 aromatic rings. The summed E-state index contributed by atoms with van der Waals surface area (Å²) in [5.74, 6) is 0.450. The Balaban J connectivity index is 1.94. The lowest BCUT2D eigenvalue weighted by molar-refractivity contribution is -0.121. The molecule has 110 valence electrons. The third-order valence-corrected chi connectivity index (χ3v) is 3.34. The Morgan fingerprint density at radius 2 is 2.35 bits per heavy atom. The molecule has 7 heteroatoms. The van der Waals surface area contributed by atoms with Crippen molar-refractivity contribution in [3.05, 3.63) is 22.6 Å². The highest BCUT2D eigenvalue weighted by Gasteiger charge is 2.21. The number of amides is 1. The molecule has 0 aromatic carbocycles. The van der Waals surface area contributed by atoms with Gasteiger partial charge in [-0.1, -0.05) is 0 Å². The highest BCUT2D eigenvalue weighted by molar-refractivity contribution is 5.75. The van der Waals surface area contributed by atoms with Crippen molar-refractivity contribution in [1.29, 1.82) is 0 Å². The number of rotatable bonds is 7. The van der Waals surface area contributed by atoms with E-state index >= 15 is 0 Å². The molecule has 0 unspecified atom stereocenters. The van der Waals surface area contributed by atoms with E-state index in [0.29, 0.717) is 31.2 Å². The maximum absolute atomic E-state index is 11.9. The highest BCUT2D eigenvalue weighted by Crippen LogP contribution is 2.27. The molecule has 1 saturated carbocycles. The molecule has 1 aromatic heterocycles. The summed E-state index contributed by atoms with van der Waals surface area (Å²) in [7, 11) is 1.84. The van der Waals surface area contributed by atoms with Gasteiger partial charge in [0.1, 0.15) is 6.54 Å². The summed E-state index contributed by atoms with van der Waals surface area (Å²) in [6, 6.07) is 1.47. The van der Waals surface area contributed by atoms with Gasteiger partial charge in [0.05, 0.1) is 11.9 Å². The van der Waals surface area contributed by atoms with Crippen LogP contribution in [0.25, 0.3) is 0 Å². The van der Waals surface area contributed by atoms with Crippen molar-refractivity contribution in [2.24, 2.45) is 11.7 Å². The fourth-order valence-electron chi connectivity index (χ4n) is 1.85. The number of likely N-dealkylation sites (N-methyl/N-ethyl adjacent to an activating group) is 1. The average Bonchev–Trinajstić information content (AvgIpc) is 3.23. The number of carbonyl (C=O) groups excluding carboxylic acids is 1. The van der Waals surface area contributed by atoms with Crippen LogP contribution < -0.4 is 21.5 Å². The fraction of sp³-hybridized carbons (Fsp3) is 0.615. The predicted molar refractivity (Wildman–Crippen MR) is 76.6 cm³/mol. The number of nitrogens with one attached hydrogen (secondary N) is 1. The van der Waals surface area contributed by atoms with E-state index in [2.05, 4.69) is 10.4 Å². The summed E-state index contributed by atoms with van der Waals surface area (Å²) in [5, 5.41) is 6.84. The summed E-state index contributed by atoms with van der Waals surface area (Å²) >= 11 is 0. The van der Waals surface area contributed by atoms with Crippen molar-refractivity contribution >= 4 is 11.6 Å². The van der Waals surface area contributed by atoms with Gasteiger partial charge in [-0.25, -0.2) is 4.68 Å². The van der Waals surface area contributed by atoms with Crippen molar-refractivity contribution in [1.82, 2.24) is 15.1 Å². The number of hydrogen-bond donors (Lipinski definition) is 2. The number of anilines is 1. The second-order valence-electron chi connectivity index (χ2n) is 5.17. The molecule has 1 heterocycles. The van der Waals surface area contributed by atoms with E-state index in [-0.39, 0.29) is 18.0 Å². The lowest BCUT2D eigenvalue weighted by atomic mass is 10.4. The SMILES string of the molecule is CN(CCN)c1cnn(CC(=O)NCC2CC2)c(=O)c1. The van der Waals surface area contributed by atoms with Crippen LogP contribution in [-0.2, 0) is 11.3 Å². The Bertz CT molecular complexity index is 524. The zero-order valence-electron chi connectivity index (χ0n) is 11.7. The van der Waals surface area contributed by atoms with Gasteiger partial charge in [0.2, 0.25) is 5.91 Å². The van der Waals surface area contributed by atoms with Crippen LogP contribution in [0, 0.1) is 5.92 Å². The Kier molecular flexibility index (Phi) is 4.73. The molecule has 0 saturated heterocycles. The minimum absolute atomic E-state index is 0.0353. The molecule has 1 aliphatic carbocycles. The summed E-state index contributed by atoms with van der Waals surface area (Å²) in [4.78, 5) is 25.4. The first-order valence-corrected chi connectivity index (χ1v) is 6.85. The second kappa shape index (κ2) is 6.51. The monoisotopic (exact) mass is 279 g/mol. The van der Waals surface area contributed by atoms with Crippen molar-refractivity contribution in [3.8, 4) is 0 Å². The molecule has 1 amide bonds. The zero-order valence-corrected chi connectivity index (χ0v) is 11.7. The van der Waals surface area contributed by atoms with Gasteiger partial charge in [-0.2, -0.15) is 5.10 Å². The van der Waals surface area contributed by atoms with Crippen LogP contribution in [0.4, 0.5) is 5.69 Å². The maximum Gasteiger partial charge on any atom is 0.269 e. The number of aromatic nitrogens is 2. The third-order valence-electron chi connectivity index (χ3n) is 3.34. The maximum atomic E-state index is 11.9. The predicted octanol–water partition coefficient (Wildman–Crippen LogP) is -0.836. The number of hydrogen-bond acceptors (Lipinski definition) is 5. The molecule has 0 spiro atoms. The van der Waals surface area contributed by atoms with Crippen molar-refractivity contribution in [3.63, 3.8) is 0 Å². The van der Waals surface area contributed by atoms with Gasteiger partial charge in [0, 0.05) is 32.7 Å². The highest BCUT2D eigenvalue weighted by atomic mass is 16.2. The van der Waals surface area contributed by atoms with Crippen LogP contribution in [0.5, 0.6) is 0 Å². The molecule has 1 aliphatic rings. The second-order valence-corrected chi connectivity index (χ2v) is 5.17. The molecular weight excluding hydrogens is 258 g/mol. The largest absolute Gasteiger partial charge is 0.372 e. The Hall–Kier alpha value is -1.89. The van der Waals surface area contributed by atoms with Crippen LogP contribution in [0.3, 0.4) is 0 Å². The van der Waals surface area contributed by atoms with Gasteiger partial charge < -0.3 is 16.0 Å². The van der Waals surface area contributed by atoms with Gasteiger partial charge in [0.15, 0.2) is 0 Å². The van der Waals surface area contributed by atoms with Gasteiger partial charge in [-0.3, -0.25) is 9.59 Å². The number of nitrogens with two attached hydrogens (primary N) is 1. The molecule has 20 heavy (non-hydrogen) atoms. The summed E-state index contributed by atoms with van der Waals surface area (Å²) in [6.45, 7) is 1.81. The van der Waals surface area contributed by atoms with Gasteiger partial charge in [-0.05, 0) is 18.8 Å². The molecular formula is C13H21N5O2. The molecule has 0 atom stereocenters. The first kappa shape index (κ1) is 14.5. The average molecular weight is 279 g/mol. The molecule has 1 fully saturated rings. The summed E-state index contributed by atoms with van der Waals surface area (Å²) < 4.78 is 1.17. The topological polar surface area (TPSA) is 93.2 Å². The van der Waals surface area contributed by atoms with Crippen LogP contribution in [0.1, 0.15) is 12.8 Å². The van der Waals surface area contributed by atoms with Crippen LogP contribution in [-0.4, -0.2) is 42.4 Å². The number of nitrogens with zero attached hydrogens (tertiary/aromatic N) is 3. The van der Waals surface area contributed by atoms with E-state index < -0.39 is 0 Å². The lowest BCUT2D eigenvalue weighted by Crippen LogP contribution is -2.35. The molecule has 7 nitrogen and oxygen atoms in total. The summed E-state index contributed by atoms with van der Waals surface area (Å²) in [6.07, 6.45) is 3.94. The van der Waals surface area contributed by atoms with E-state index in [4.69, 9.17) is 5.73 Å². The Morgan fingerprint density at radius 3 is 2.95 bits per heavy atom. The van der Waals surface area contributed by atoms with Crippen molar-refractivity contribution < 1.29 is 4.79 Å². The molecule has 3 N–H and O–H groups in total. The van der Waals surface area contributed by atoms with Gasteiger partial charge >= 0.3 is 0 Å².